The number of aryl methyl sites for hydroxylation is 1. The maximum absolute atomic E-state index is 6.02. The molecule has 0 radical (unpaired) electrons. The van der Waals surface area contributed by atoms with E-state index >= 15 is 0 Å². The summed E-state index contributed by atoms with van der Waals surface area (Å²) in [5.74, 6) is 1.65. The van der Waals surface area contributed by atoms with Gasteiger partial charge in [0.05, 0.1) is 4.47 Å². The Morgan fingerprint density at radius 2 is 2.35 bits per heavy atom. The maximum Gasteiger partial charge on any atom is 0.143 e. The van der Waals surface area contributed by atoms with Crippen molar-refractivity contribution in [2.75, 3.05) is 18.0 Å². The molecule has 0 aliphatic carbocycles. The quantitative estimate of drug-likeness (QED) is 0.913. The number of hydrogen-bond acceptors (Lipinski definition) is 3. The van der Waals surface area contributed by atoms with Crippen LogP contribution in [0.2, 0.25) is 0 Å². The van der Waals surface area contributed by atoms with Crippen LogP contribution in [-0.2, 0) is 0 Å². The normalized spacial score (nSPS) is 22.6. The molecule has 3 nitrogen and oxygen atoms in total. The molecule has 0 aromatic carbocycles. The van der Waals surface area contributed by atoms with Crippen LogP contribution in [0, 0.1) is 12.8 Å². The predicted octanol–water partition coefficient (Wildman–Crippen LogP) is 2.72. The Hall–Kier alpha value is -0.610. The van der Waals surface area contributed by atoms with Gasteiger partial charge >= 0.3 is 0 Å². The van der Waals surface area contributed by atoms with E-state index in [0.717, 1.165) is 23.4 Å². The van der Waals surface area contributed by atoms with E-state index in [1.165, 1.54) is 18.4 Å². The molecule has 1 fully saturated rings. The van der Waals surface area contributed by atoms with Crippen molar-refractivity contribution >= 4 is 21.7 Å². The second-order valence-corrected chi connectivity index (χ2v) is 5.77. The number of piperidine rings is 1. The summed E-state index contributed by atoms with van der Waals surface area (Å²) < 4.78 is 1.12. The molecular weight excluding hydrogens is 278 g/mol. The third kappa shape index (κ3) is 2.80. The first-order valence-electron chi connectivity index (χ1n) is 6.21. The van der Waals surface area contributed by atoms with Crippen LogP contribution in [0.15, 0.2) is 16.7 Å². The van der Waals surface area contributed by atoms with Gasteiger partial charge < -0.3 is 10.6 Å². The maximum atomic E-state index is 6.02. The number of hydrogen-bond donors (Lipinski definition) is 1. The lowest BCUT2D eigenvalue weighted by Crippen LogP contribution is -2.42. The summed E-state index contributed by atoms with van der Waals surface area (Å²) in [5, 5.41) is 0. The molecule has 1 aromatic heterocycles. The highest BCUT2D eigenvalue weighted by Crippen LogP contribution is 2.30. The van der Waals surface area contributed by atoms with Crippen LogP contribution in [-0.4, -0.2) is 24.1 Å². The van der Waals surface area contributed by atoms with Crippen molar-refractivity contribution in [3.05, 3.63) is 22.3 Å². The van der Waals surface area contributed by atoms with Crippen molar-refractivity contribution in [3.8, 4) is 0 Å². The third-order valence-corrected chi connectivity index (χ3v) is 4.54. The minimum Gasteiger partial charge on any atom is -0.355 e. The SMILES string of the molecule is Cc1ccnc(N2CCCC(C(C)N)C2)c1Br. The van der Waals surface area contributed by atoms with E-state index < -0.39 is 0 Å². The molecule has 2 N–H and O–H groups in total. The molecular formula is C13H20BrN3. The standard InChI is InChI=1S/C13H20BrN3/c1-9-5-6-16-13(12(9)14)17-7-3-4-11(8-17)10(2)15/h5-6,10-11H,3-4,7-8,15H2,1-2H3. The van der Waals surface area contributed by atoms with Crippen molar-refractivity contribution in [1.82, 2.24) is 4.98 Å². The van der Waals surface area contributed by atoms with Crippen LogP contribution in [0.5, 0.6) is 0 Å². The molecule has 2 rings (SSSR count). The van der Waals surface area contributed by atoms with Gasteiger partial charge in [-0.3, -0.25) is 0 Å². The lowest BCUT2D eigenvalue weighted by Gasteiger charge is -2.36. The number of nitrogens with two attached hydrogens (primary N) is 1. The van der Waals surface area contributed by atoms with Gasteiger partial charge in [0.15, 0.2) is 0 Å². The van der Waals surface area contributed by atoms with Crippen LogP contribution in [0.3, 0.4) is 0 Å². The molecule has 1 saturated heterocycles. The minimum atomic E-state index is 0.265. The van der Waals surface area contributed by atoms with Gasteiger partial charge in [-0.25, -0.2) is 4.98 Å². The van der Waals surface area contributed by atoms with Crippen LogP contribution in [0.25, 0.3) is 0 Å². The van der Waals surface area contributed by atoms with Crippen molar-refractivity contribution < 1.29 is 0 Å². The smallest absolute Gasteiger partial charge is 0.143 e. The zero-order valence-corrected chi connectivity index (χ0v) is 12.1. The summed E-state index contributed by atoms with van der Waals surface area (Å²) in [7, 11) is 0. The molecule has 2 heterocycles. The zero-order valence-electron chi connectivity index (χ0n) is 10.5. The van der Waals surface area contributed by atoms with Gasteiger partial charge in [0.1, 0.15) is 5.82 Å². The molecule has 2 atom stereocenters. The van der Waals surface area contributed by atoms with Crippen molar-refractivity contribution in [2.45, 2.75) is 32.7 Å². The van der Waals surface area contributed by atoms with Crippen LogP contribution in [0.4, 0.5) is 5.82 Å². The summed E-state index contributed by atoms with van der Waals surface area (Å²) in [6.07, 6.45) is 4.32. The Balaban J connectivity index is 2.19. The van der Waals surface area contributed by atoms with Crippen molar-refractivity contribution in [2.24, 2.45) is 11.7 Å². The van der Waals surface area contributed by atoms with Gasteiger partial charge in [0, 0.05) is 25.3 Å². The molecule has 1 aromatic rings. The molecule has 0 saturated carbocycles. The van der Waals surface area contributed by atoms with E-state index in [9.17, 15) is 0 Å². The van der Waals surface area contributed by atoms with Crippen molar-refractivity contribution in [1.29, 1.82) is 0 Å². The second-order valence-electron chi connectivity index (χ2n) is 4.97. The molecule has 0 spiro atoms. The molecule has 1 aliphatic heterocycles. The first kappa shape index (κ1) is 12.8. The molecule has 0 bridgehead atoms. The molecule has 1 aliphatic rings. The first-order chi connectivity index (χ1) is 8.09. The monoisotopic (exact) mass is 297 g/mol. The van der Waals surface area contributed by atoms with Gasteiger partial charge in [-0.05, 0) is 60.2 Å². The van der Waals surface area contributed by atoms with E-state index in [0.29, 0.717) is 5.92 Å². The fraction of sp³-hybridized carbons (Fsp3) is 0.615. The molecule has 17 heavy (non-hydrogen) atoms. The number of halogens is 1. The van der Waals surface area contributed by atoms with E-state index in [2.05, 4.69) is 39.7 Å². The zero-order chi connectivity index (χ0) is 12.4. The Labute approximate surface area is 112 Å². The van der Waals surface area contributed by atoms with Gasteiger partial charge in [-0.15, -0.1) is 0 Å². The number of pyridine rings is 1. The highest BCUT2D eigenvalue weighted by Gasteiger charge is 2.24. The number of rotatable bonds is 2. The summed E-state index contributed by atoms with van der Waals surface area (Å²) >= 11 is 3.64. The summed E-state index contributed by atoms with van der Waals surface area (Å²) in [6, 6.07) is 2.29. The van der Waals surface area contributed by atoms with Crippen molar-refractivity contribution in [3.63, 3.8) is 0 Å². The first-order valence-corrected chi connectivity index (χ1v) is 7.00. The molecule has 2 unspecified atom stereocenters. The van der Waals surface area contributed by atoms with Gasteiger partial charge in [0.25, 0.3) is 0 Å². The highest BCUT2D eigenvalue weighted by atomic mass is 79.9. The summed E-state index contributed by atoms with van der Waals surface area (Å²) in [4.78, 5) is 6.85. The largest absolute Gasteiger partial charge is 0.355 e. The van der Waals surface area contributed by atoms with E-state index in [-0.39, 0.29) is 6.04 Å². The van der Waals surface area contributed by atoms with Crippen LogP contribution < -0.4 is 10.6 Å². The Morgan fingerprint density at radius 1 is 1.59 bits per heavy atom. The van der Waals surface area contributed by atoms with Gasteiger partial charge in [-0.2, -0.15) is 0 Å². The number of nitrogens with zero attached hydrogens (tertiary/aromatic N) is 2. The third-order valence-electron chi connectivity index (χ3n) is 3.56. The average molecular weight is 298 g/mol. The van der Waals surface area contributed by atoms with Gasteiger partial charge in [0.2, 0.25) is 0 Å². The predicted molar refractivity (Wildman–Crippen MR) is 75.3 cm³/mol. The fourth-order valence-electron chi connectivity index (χ4n) is 2.38. The molecule has 0 amide bonds. The summed E-state index contributed by atoms with van der Waals surface area (Å²) in [6.45, 7) is 6.31. The van der Waals surface area contributed by atoms with Crippen LogP contribution in [0.1, 0.15) is 25.3 Å². The Bertz CT molecular complexity index is 392. The molecule has 94 valence electrons. The second kappa shape index (κ2) is 5.36. The summed E-state index contributed by atoms with van der Waals surface area (Å²) in [5.41, 5.74) is 7.25. The fourth-order valence-corrected chi connectivity index (χ4v) is 2.86. The topological polar surface area (TPSA) is 42.2 Å². The average Bonchev–Trinajstić information content (AvgIpc) is 2.33. The van der Waals surface area contributed by atoms with E-state index in [4.69, 9.17) is 5.73 Å². The lowest BCUT2D eigenvalue weighted by atomic mass is 9.92. The Morgan fingerprint density at radius 3 is 3.06 bits per heavy atom. The molecule has 4 heteroatoms. The number of aromatic nitrogens is 1. The highest BCUT2D eigenvalue weighted by molar-refractivity contribution is 9.10. The lowest BCUT2D eigenvalue weighted by molar-refractivity contribution is 0.363. The van der Waals surface area contributed by atoms with E-state index in [1.807, 2.05) is 12.3 Å². The van der Waals surface area contributed by atoms with Gasteiger partial charge in [-0.1, -0.05) is 0 Å². The van der Waals surface area contributed by atoms with E-state index in [1.54, 1.807) is 0 Å². The Kier molecular flexibility index (Phi) is 4.05. The van der Waals surface area contributed by atoms with Crippen LogP contribution >= 0.6 is 15.9 Å². The number of anilines is 1. The minimum absolute atomic E-state index is 0.265.